The Bertz CT molecular complexity index is 1010. The molecule has 0 atom stereocenters. The average molecular weight is 347 g/mol. The van der Waals surface area contributed by atoms with Gasteiger partial charge >= 0.3 is 0 Å². The number of aromatic nitrogens is 4. The van der Waals surface area contributed by atoms with Crippen LogP contribution >= 0.6 is 0 Å². The van der Waals surface area contributed by atoms with Gasteiger partial charge in [-0.2, -0.15) is 10.4 Å². The van der Waals surface area contributed by atoms with Crippen molar-refractivity contribution >= 4 is 17.4 Å². The Hall–Kier alpha value is -3.47. The second-order valence-electron chi connectivity index (χ2n) is 6.12. The van der Waals surface area contributed by atoms with Gasteiger partial charge in [0.05, 0.1) is 23.0 Å². The van der Waals surface area contributed by atoms with Gasteiger partial charge in [-0.05, 0) is 19.1 Å². The molecule has 0 N–H and O–H groups in total. The second kappa shape index (κ2) is 6.44. The second-order valence-corrected chi connectivity index (χ2v) is 6.12. The zero-order valence-electron chi connectivity index (χ0n) is 14.3. The number of aryl methyl sites for hydroxylation is 1. The topological polar surface area (TPSA) is 90.4 Å². The summed E-state index contributed by atoms with van der Waals surface area (Å²) in [5, 5.41) is 13.5. The summed E-state index contributed by atoms with van der Waals surface area (Å²) in [5.74, 6) is 0.631. The first-order valence-corrected chi connectivity index (χ1v) is 8.37. The molecule has 1 fully saturated rings. The van der Waals surface area contributed by atoms with E-state index in [0.29, 0.717) is 43.1 Å². The first-order chi connectivity index (χ1) is 12.7. The van der Waals surface area contributed by atoms with Gasteiger partial charge in [0.25, 0.3) is 5.91 Å². The highest BCUT2D eigenvalue weighted by atomic mass is 16.2. The summed E-state index contributed by atoms with van der Waals surface area (Å²) in [6.45, 7) is 4.27. The molecule has 0 aliphatic carbocycles. The van der Waals surface area contributed by atoms with E-state index in [4.69, 9.17) is 0 Å². The van der Waals surface area contributed by atoms with Crippen molar-refractivity contribution in [1.29, 1.82) is 5.26 Å². The SMILES string of the molecule is Cc1c(C(=O)N2CCN(c3ncccc3C#N)CC2)cnc2ccnn12. The van der Waals surface area contributed by atoms with Crippen LogP contribution in [0.2, 0.25) is 0 Å². The number of hydrogen-bond donors (Lipinski definition) is 0. The Labute approximate surface area is 150 Å². The molecule has 130 valence electrons. The molecule has 1 saturated heterocycles. The molecular weight excluding hydrogens is 330 g/mol. The predicted octanol–water partition coefficient (Wildman–Crippen LogP) is 1.27. The summed E-state index contributed by atoms with van der Waals surface area (Å²) in [6, 6.07) is 7.49. The van der Waals surface area contributed by atoms with Crippen LogP contribution in [0.1, 0.15) is 21.6 Å². The molecule has 26 heavy (non-hydrogen) atoms. The van der Waals surface area contributed by atoms with E-state index in [0.717, 1.165) is 11.3 Å². The fourth-order valence-corrected chi connectivity index (χ4v) is 3.23. The number of piperazine rings is 1. The summed E-state index contributed by atoms with van der Waals surface area (Å²) in [6.07, 6.45) is 4.97. The lowest BCUT2D eigenvalue weighted by molar-refractivity contribution is 0.0744. The van der Waals surface area contributed by atoms with Crippen LogP contribution in [0.3, 0.4) is 0 Å². The Morgan fingerprint density at radius 2 is 1.96 bits per heavy atom. The number of pyridine rings is 1. The maximum Gasteiger partial charge on any atom is 0.257 e. The molecule has 3 aromatic heterocycles. The highest BCUT2D eigenvalue weighted by Crippen LogP contribution is 2.19. The lowest BCUT2D eigenvalue weighted by Crippen LogP contribution is -2.49. The molecule has 0 saturated carbocycles. The van der Waals surface area contributed by atoms with Gasteiger partial charge in [-0.25, -0.2) is 14.5 Å². The van der Waals surface area contributed by atoms with Crippen molar-refractivity contribution in [2.24, 2.45) is 0 Å². The standard InChI is InChI=1S/C18H17N7O/c1-13-15(12-21-16-4-6-22-25(13)16)18(26)24-9-7-23(8-10-24)17-14(11-19)3-2-5-20-17/h2-6,12H,7-10H2,1H3. The number of nitriles is 1. The lowest BCUT2D eigenvalue weighted by atomic mass is 10.2. The number of carbonyl (C=O) groups excluding carboxylic acids is 1. The minimum absolute atomic E-state index is 0.0476. The largest absolute Gasteiger partial charge is 0.352 e. The average Bonchev–Trinajstić information content (AvgIpc) is 3.18. The summed E-state index contributed by atoms with van der Waals surface area (Å²) < 4.78 is 1.68. The van der Waals surface area contributed by atoms with Crippen LogP contribution in [0.5, 0.6) is 0 Å². The quantitative estimate of drug-likeness (QED) is 0.693. The number of nitrogens with zero attached hydrogens (tertiary/aromatic N) is 7. The van der Waals surface area contributed by atoms with E-state index in [2.05, 4.69) is 21.1 Å². The summed E-state index contributed by atoms with van der Waals surface area (Å²) in [4.78, 5) is 25.4. The van der Waals surface area contributed by atoms with Gasteiger partial charge in [-0.3, -0.25) is 4.79 Å². The molecule has 3 aromatic rings. The maximum absolute atomic E-state index is 12.9. The predicted molar refractivity (Wildman–Crippen MR) is 94.8 cm³/mol. The zero-order valence-corrected chi connectivity index (χ0v) is 14.3. The van der Waals surface area contributed by atoms with Gasteiger partial charge in [-0.1, -0.05) is 0 Å². The third-order valence-corrected chi connectivity index (χ3v) is 4.66. The minimum Gasteiger partial charge on any atom is -0.352 e. The van der Waals surface area contributed by atoms with Gasteiger partial charge in [0.2, 0.25) is 0 Å². The molecule has 0 unspecified atom stereocenters. The van der Waals surface area contributed by atoms with E-state index in [1.807, 2.05) is 16.7 Å². The molecule has 0 spiro atoms. The molecule has 0 radical (unpaired) electrons. The first kappa shape index (κ1) is 16.0. The van der Waals surface area contributed by atoms with Gasteiger partial charge < -0.3 is 9.80 Å². The number of anilines is 1. The molecule has 0 bridgehead atoms. The van der Waals surface area contributed by atoms with E-state index in [-0.39, 0.29) is 5.91 Å². The van der Waals surface area contributed by atoms with Crippen LogP contribution in [0, 0.1) is 18.3 Å². The number of carbonyl (C=O) groups is 1. The smallest absolute Gasteiger partial charge is 0.257 e. The Morgan fingerprint density at radius 1 is 1.15 bits per heavy atom. The number of fused-ring (bicyclic) bond motifs is 1. The molecule has 4 heterocycles. The third kappa shape index (κ3) is 2.63. The molecule has 4 rings (SSSR count). The van der Waals surface area contributed by atoms with Crippen LogP contribution in [0.15, 0.2) is 36.8 Å². The van der Waals surface area contributed by atoms with E-state index in [1.165, 1.54) is 0 Å². The van der Waals surface area contributed by atoms with Gasteiger partial charge in [0, 0.05) is 44.6 Å². The van der Waals surface area contributed by atoms with E-state index < -0.39 is 0 Å². The lowest BCUT2D eigenvalue weighted by Gasteiger charge is -2.35. The van der Waals surface area contributed by atoms with Crippen molar-refractivity contribution in [1.82, 2.24) is 24.5 Å². The maximum atomic E-state index is 12.9. The first-order valence-electron chi connectivity index (χ1n) is 8.37. The molecule has 1 aliphatic heterocycles. The van der Waals surface area contributed by atoms with Gasteiger partial charge in [0.1, 0.15) is 11.9 Å². The van der Waals surface area contributed by atoms with Crippen LogP contribution in [0.4, 0.5) is 5.82 Å². The normalized spacial score (nSPS) is 14.5. The van der Waals surface area contributed by atoms with E-state index in [1.54, 1.807) is 41.3 Å². The van der Waals surface area contributed by atoms with Crippen molar-refractivity contribution in [3.05, 3.63) is 53.6 Å². The fraction of sp³-hybridized carbons (Fsp3) is 0.278. The van der Waals surface area contributed by atoms with Crippen molar-refractivity contribution < 1.29 is 4.79 Å². The third-order valence-electron chi connectivity index (χ3n) is 4.66. The van der Waals surface area contributed by atoms with Crippen molar-refractivity contribution in [2.45, 2.75) is 6.92 Å². The number of rotatable bonds is 2. The van der Waals surface area contributed by atoms with E-state index >= 15 is 0 Å². The highest BCUT2D eigenvalue weighted by Gasteiger charge is 2.25. The Kier molecular flexibility index (Phi) is 3.97. The molecule has 0 aromatic carbocycles. The summed E-state index contributed by atoms with van der Waals surface area (Å²) in [5.41, 5.74) is 2.62. The van der Waals surface area contributed by atoms with Crippen molar-refractivity contribution in [3.8, 4) is 6.07 Å². The number of amides is 1. The van der Waals surface area contributed by atoms with Crippen LogP contribution in [-0.2, 0) is 0 Å². The summed E-state index contributed by atoms with van der Waals surface area (Å²) >= 11 is 0. The van der Waals surface area contributed by atoms with E-state index in [9.17, 15) is 10.1 Å². The zero-order chi connectivity index (χ0) is 18.1. The van der Waals surface area contributed by atoms with Crippen LogP contribution in [0.25, 0.3) is 5.65 Å². The van der Waals surface area contributed by atoms with Crippen LogP contribution < -0.4 is 4.90 Å². The highest BCUT2D eigenvalue weighted by molar-refractivity contribution is 5.95. The molecule has 8 heteroatoms. The molecule has 1 aliphatic rings. The molecule has 1 amide bonds. The molecule has 8 nitrogen and oxygen atoms in total. The minimum atomic E-state index is -0.0476. The monoisotopic (exact) mass is 347 g/mol. The number of hydrogen-bond acceptors (Lipinski definition) is 6. The van der Waals surface area contributed by atoms with Crippen molar-refractivity contribution in [3.63, 3.8) is 0 Å². The van der Waals surface area contributed by atoms with Crippen LogP contribution in [-0.4, -0.2) is 56.6 Å². The van der Waals surface area contributed by atoms with Gasteiger partial charge in [-0.15, -0.1) is 0 Å². The van der Waals surface area contributed by atoms with Gasteiger partial charge in [0.15, 0.2) is 5.65 Å². The Balaban J connectivity index is 1.51. The van der Waals surface area contributed by atoms with Crippen molar-refractivity contribution in [2.75, 3.05) is 31.1 Å². The molecular formula is C18H17N7O. The Morgan fingerprint density at radius 3 is 2.73 bits per heavy atom. The summed E-state index contributed by atoms with van der Waals surface area (Å²) in [7, 11) is 0. The fourth-order valence-electron chi connectivity index (χ4n) is 3.23.